The van der Waals surface area contributed by atoms with Gasteiger partial charge < -0.3 is 5.73 Å². The Hall–Kier alpha value is -0.570. The van der Waals surface area contributed by atoms with Gasteiger partial charge in [-0.1, -0.05) is 13.8 Å². The minimum absolute atomic E-state index is 0.499. The monoisotopic (exact) mass is 142 g/mol. The molecule has 50 valence electrons. The molecule has 0 aromatic carbocycles. The molecule has 3 heteroatoms. The Morgan fingerprint density at radius 3 is 2.56 bits per heavy atom. The zero-order chi connectivity index (χ0) is 6.85. The fraction of sp³-hybridized carbons (Fsp3) is 0.500. The fourth-order valence-electron chi connectivity index (χ4n) is 0.576. The quantitative estimate of drug-likeness (QED) is 0.650. The van der Waals surface area contributed by atoms with Crippen molar-refractivity contribution < 1.29 is 0 Å². The van der Waals surface area contributed by atoms with Gasteiger partial charge in [0.2, 0.25) is 0 Å². The van der Waals surface area contributed by atoms with Gasteiger partial charge in [0, 0.05) is 0 Å². The molecule has 0 aliphatic heterocycles. The molecule has 0 aliphatic carbocycles. The number of nitrogens with two attached hydrogens (primary N) is 1. The summed E-state index contributed by atoms with van der Waals surface area (Å²) in [6.45, 7) is 4.21. The van der Waals surface area contributed by atoms with Gasteiger partial charge in [-0.05, 0) is 23.5 Å². The minimum atomic E-state index is 0.499. The van der Waals surface area contributed by atoms with Crippen LogP contribution in [0.15, 0.2) is 6.07 Å². The Morgan fingerprint density at radius 1 is 1.67 bits per heavy atom. The van der Waals surface area contributed by atoms with E-state index in [0.717, 1.165) is 10.7 Å². The van der Waals surface area contributed by atoms with E-state index >= 15 is 0 Å². The molecule has 1 rings (SSSR count). The normalized spacial score (nSPS) is 10.6. The SMILES string of the molecule is CC(C)c1cc(N)sn1. The first-order chi connectivity index (χ1) is 4.20. The predicted molar refractivity (Wildman–Crippen MR) is 40.6 cm³/mol. The van der Waals surface area contributed by atoms with Crippen molar-refractivity contribution in [2.24, 2.45) is 0 Å². The van der Waals surface area contributed by atoms with Gasteiger partial charge in [-0.2, -0.15) is 4.37 Å². The van der Waals surface area contributed by atoms with Crippen LogP contribution >= 0.6 is 11.5 Å². The van der Waals surface area contributed by atoms with Gasteiger partial charge in [0.15, 0.2) is 0 Å². The van der Waals surface area contributed by atoms with Crippen LogP contribution in [0.2, 0.25) is 0 Å². The van der Waals surface area contributed by atoms with Crippen molar-refractivity contribution in [1.82, 2.24) is 4.37 Å². The van der Waals surface area contributed by atoms with E-state index < -0.39 is 0 Å². The summed E-state index contributed by atoms with van der Waals surface area (Å²) in [4.78, 5) is 0. The highest BCUT2D eigenvalue weighted by Gasteiger charge is 2.01. The Morgan fingerprint density at radius 2 is 2.33 bits per heavy atom. The van der Waals surface area contributed by atoms with Gasteiger partial charge in [0.1, 0.15) is 5.00 Å². The van der Waals surface area contributed by atoms with Crippen LogP contribution < -0.4 is 5.73 Å². The highest BCUT2D eigenvalue weighted by atomic mass is 32.1. The lowest BCUT2D eigenvalue weighted by atomic mass is 10.1. The highest BCUT2D eigenvalue weighted by Crippen LogP contribution is 2.18. The standard InChI is InChI=1S/C6H10N2S/c1-4(2)5-3-6(7)9-8-5/h3-4H,7H2,1-2H3. The molecular formula is C6H10N2S. The van der Waals surface area contributed by atoms with E-state index in [2.05, 4.69) is 18.2 Å². The number of nitrogen functional groups attached to an aromatic ring is 1. The molecule has 0 spiro atoms. The number of hydrogen-bond donors (Lipinski definition) is 1. The highest BCUT2D eigenvalue weighted by molar-refractivity contribution is 7.10. The van der Waals surface area contributed by atoms with Crippen molar-refractivity contribution >= 4 is 16.5 Å². The van der Waals surface area contributed by atoms with Crippen LogP contribution in [0.3, 0.4) is 0 Å². The van der Waals surface area contributed by atoms with E-state index in [0.29, 0.717) is 5.92 Å². The number of anilines is 1. The molecule has 1 aromatic heterocycles. The van der Waals surface area contributed by atoms with E-state index in [-0.39, 0.29) is 0 Å². The van der Waals surface area contributed by atoms with Crippen LogP contribution in [0.4, 0.5) is 5.00 Å². The Bertz CT molecular complexity index is 193. The first-order valence-electron chi connectivity index (χ1n) is 2.92. The average molecular weight is 142 g/mol. The van der Waals surface area contributed by atoms with Gasteiger partial charge in [-0.15, -0.1) is 0 Å². The number of aromatic nitrogens is 1. The Balaban J connectivity index is 2.85. The lowest BCUT2D eigenvalue weighted by molar-refractivity contribution is 0.841. The van der Waals surface area contributed by atoms with Crippen LogP contribution in [-0.4, -0.2) is 4.37 Å². The lowest BCUT2D eigenvalue weighted by Gasteiger charge is -1.94. The molecule has 1 heterocycles. The first kappa shape index (κ1) is 6.55. The molecule has 0 aliphatic rings. The molecule has 2 nitrogen and oxygen atoms in total. The second-order valence-electron chi connectivity index (χ2n) is 2.31. The average Bonchev–Trinajstić information content (AvgIpc) is 2.14. The summed E-state index contributed by atoms with van der Waals surface area (Å²) in [6, 6.07) is 1.93. The first-order valence-corrected chi connectivity index (χ1v) is 3.69. The summed E-state index contributed by atoms with van der Waals surface area (Å²) in [5, 5.41) is 0.804. The van der Waals surface area contributed by atoms with Crippen LogP contribution in [0.25, 0.3) is 0 Å². The van der Waals surface area contributed by atoms with Crippen molar-refractivity contribution in [3.63, 3.8) is 0 Å². The third-order valence-corrected chi connectivity index (χ3v) is 1.77. The predicted octanol–water partition coefficient (Wildman–Crippen LogP) is 1.85. The summed E-state index contributed by atoms with van der Waals surface area (Å²) in [6.07, 6.45) is 0. The van der Waals surface area contributed by atoms with Crippen molar-refractivity contribution in [3.05, 3.63) is 11.8 Å². The maximum absolute atomic E-state index is 5.47. The third-order valence-electron chi connectivity index (χ3n) is 1.14. The maximum atomic E-state index is 5.47. The molecule has 0 bridgehead atoms. The zero-order valence-corrected chi connectivity index (χ0v) is 6.40. The van der Waals surface area contributed by atoms with Crippen molar-refractivity contribution in [2.45, 2.75) is 19.8 Å². The molecule has 1 aromatic rings. The summed E-state index contributed by atoms with van der Waals surface area (Å²) in [5.41, 5.74) is 6.57. The Kier molecular flexibility index (Phi) is 1.71. The summed E-state index contributed by atoms with van der Waals surface area (Å²) in [7, 11) is 0. The molecule has 0 unspecified atom stereocenters. The van der Waals surface area contributed by atoms with Gasteiger partial charge in [-0.3, -0.25) is 0 Å². The second kappa shape index (κ2) is 2.35. The van der Waals surface area contributed by atoms with Crippen molar-refractivity contribution in [2.75, 3.05) is 5.73 Å². The topological polar surface area (TPSA) is 38.9 Å². The number of nitrogens with zero attached hydrogens (tertiary/aromatic N) is 1. The lowest BCUT2D eigenvalue weighted by Crippen LogP contribution is -1.84. The fourth-order valence-corrected chi connectivity index (χ4v) is 1.22. The van der Waals surface area contributed by atoms with Gasteiger partial charge in [-0.25, -0.2) is 0 Å². The molecule has 0 radical (unpaired) electrons. The van der Waals surface area contributed by atoms with E-state index in [9.17, 15) is 0 Å². The van der Waals surface area contributed by atoms with E-state index in [1.165, 1.54) is 11.5 Å². The Labute approximate surface area is 58.9 Å². The maximum Gasteiger partial charge on any atom is 0.107 e. The summed E-state index contributed by atoms with van der Waals surface area (Å²) >= 11 is 1.36. The van der Waals surface area contributed by atoms with Crippen LogP contribution in [0, 0.1) is 0 Å². The second-order valence-corrected chi connectivity index (χ2v) is 3.15. The summed E-state index contributed by atoms with van der Waals surface area (Å²) < 4.78 is 4.13. The van der Waals surface area contributed by atoms with Gasteiger partial charge in [0.05, 0.1) is 5.69 Å². The molecule has 0 saturated carbocycles. The number of hydrogen-bond acceptors (Lipinski definition) is 3. The molecule has 2 N–H and O–H groups in total. The molecule has 0 fully saturated rings. The molecule has 9 heavy (non-hydrogen) atoms. The van der Waals surface area contributed by atoms with Crippen molar-refractivity contribution in [1.29, 1.82) is 0 Å². The molecular weight excluding hydrogens is 132 g/mol. The van der Waals surface area contributed by atoms with Crippen LogP contribution in [0.1, 0.15) is 25.5 Å². The van der Waals surface area contributed by atoms with E-state index in [1.54, 1.807) is 0 Å². The van der Waals surface area contributed by atoms with Gasteiger partial charge >= 0.3 is 0 Å². The molecule has 0 atom stereocenters. The zero-order valence-electron chi connectivity index (χ0n) is 5.59. The van der Waals surface area contributed by atoms with E-state index in [4.69, 9.17) is 5.73 Å². The summed E-state index contributed by atoms with van der Waals surface area (Å²) in [5.74, 6) is 0.499. The minimum Gasteiger partial charge on any atom is -0.389 e. The van der Waals surface area contributed by atoms with E-state index in [1.807, 2.05) is 6.07 Å². The molecule has 0 amide bonds. The smallest absolute Gasteiger partial charge is 0.107 e. The number of rotatable bonds is 1. The molecule has 0 saturated heterocycles. The third kappa shape index (κ3) is 1.42. The van der Waals surface area contributed by atoms with Crippen LogP contribution in [-0.2, 0) is 0 Å². The van der Waals surface area contributed by atoms with Crippen LogP contribution in [0.5, 0.6) is 0 Å². The largest absolute Gasteiger partial charge is 0.389 e. The van der Waals surface area contributed by atoms with Gasteiger partial charge in [0.25, 0.3) is 0 Å². The van der Waals surface area contributed by atoms with Crippen molar-refractivity contribution in [3.8, 4) is 0 Å².